The minimum atomic E-state index is -1.06. The summed E-state index contributed by atoms with van der Waals surface area (Å²) >= 11 is 0. The number of epoxide rings is 6. The Morgan fingerprint density at radius 1 is 0.490 bits per heavy atom. The van der Waals surface area contributed by atoms with E-state index in [1.165, 1.54) is 24.7 Å². The first-order chi connectivity index (χ1) is 49.0. The molecule has 4 saturated carbocycles. The lowest BCUT2D eigenvalue weighted by Gasteiger charge is -2.53. The highest BCUT2D eigenvalue weighted by molar-refractivity contribution is 6.00. The Kier molecular flexibility index (Phi) is 15.5. The van der Waals surface area contributed by atoms with Gasteiger partial charge in [0.25, 0.3) is 0 Å². The number of rotatable bonds is 9. The lowest BCUT2D eigenvalue weighted by atomic mass is 9.46. The Morgan fingerprint density at radius 3 is 1.32 bits per heavy atom. The molecule has 6 saturated heterocycles. The van der Waals surface area contributed by atoms with E-state index >= 15 is 0 Å². The summed E-state index contributed by atoms with van der Waals surface area (Å²) < 4.78 is 99.8. The van der Waals surface area contributed by atoms with Crippen LogP contribution in [0.1, 0.15) is 175 Å². The third-order valence-corrected chi connectivity index (χ3v) is 23.9. The molecule has 18 rings (SSSR count). The van der Waals surface area contributed by atoms with Crippen molar-refractivity contribution in [1.29, 1.82) is 0 Å². The Bertz CT molecular complexity index is 4380. The number of allylic oxidation sites excluding steroid dienone is 2. The molecule has 0 amide bonds. The van der Waals surface area contributed by atoms with Crippen LogP contribution in [0.5, 0.6) is 0 Å². The Balaban J connectivity index is 0.000000135. The summed E-state index contributed by atoms with van der Waals surface area (Å²) in [6, 6.07) is 24.5. The summed E-state index contributed by atoms with van der Waals surface area (Å²) in [7, 11) is 0. The number of ether oxygens (including phenoxy) is 15. The fourth-order valence-electron chi connectivity index (χ4n) is 19.5. The van der Waals surface area contributed by atoms with E-state index in [1.807, 2.05) is 48.5 Å². The average molecular weight is 1440 g/mol. The standard InChI is InChI=1S/C37H38O11.C32H30O9.C10H18O5/c1-18(2)35-27(46-35)28-37(47-28)34(6)15-14-20-24(21(34)17-23-36(37,45-23)31(35)44-32(40)48-33(3,4)5)26(43-29(20)38)25(19-11-8-7-9-12-19)42-30(39)22-13-10-16-41-22;1-15(2)30-24(40-30)25-32(41-25)29(3)12-11-17-21(18(29)14-20-31(32,39-20)28(30)35)23(38-26(17)33)22(16-8-5-4-6-9-16)37-27(34)19-10-7-13-36-19;1-9(2,3)14-7(11)13-8(12)15-10(4,5)6/h7-13,16,18,21,23,27-28,31H,14-15,17H2,1-6H3;4-10,13,15,18,20,24-25,28,35H,11-12,14H2,1-3H3;1-6H3/b26-25+;23-22+;/t21-,23-,27-,28-,31+,34-,35-,36+,37+;18-,20-,24-,25-,28+,29-,30-,31+,32+;/m00./s1. The van der Waals surface area contributed by atoms with Crippen LogP contribution >= 0.6 is 0 Å². The van der Waals surface area contributed by atoms with Crippen LogP contribution in [0, 0.1) is 34.5 Å². The Labute approximate surface area is 600 Å². The monoisotopic (exact) mass is 1430 g/mol. The van der Waals surface area contributed by atoms with Crippen LogP contribution in [0.4, 0.5) is 14.4 Å². The second-order valence-electron chi connectivity index (χ2n) is 33.6. The third kappa shape index (κ3) is 10.0. The number of carbonyl (C=O) groups excluding carboxylic acids is 7. The first kappa shape index (κ1) is 69.9. The van der Waals surface area contributed by atoms with E-state index in [1.54, 1.807) is 86.6 Å². The van der Waals surface area contributed by atoms with E-state index in [0.29, 0.717) is 66.4 Å². The second kappa shape index (κ2) is 23.0. The van der Waals surface area contributed by atoms with Gasteiger partial charge < -0.3 is 85.0 Å². The van der Waals surface area contributed by atoms with E-state index in [2.05, 4.69) is 46.3 Å². The van der Waals surface area contributed by atoms with Crippen molar-refractivity contribution in [2.24, 2.45) is 34.5 Å². The van der Waals surface area contributed by atoms with Gasteiger partial charge in [-0.25, -0.2) is 33.6 Å². The number of esters is 4. The average Bonchev–Trinajstić information content (AvgIpc) is 1.42. The normalized spacial score (nSPS) is 38.4. The van der Waals surface area contributed by atoms with Crippen molar-refractivity contribution < 1.29 is 119 Å². The third-order valence-electron chi connectivity index (χ3n) is 23.9. The van der Waals surface area contributed by atoms with Crippen molar-refractivity contribution in [2.75, 3.05) is 0 Å². The molecule has 1 N–H and O–H groups in total. The summed E-state index contributed by atoms with van der Waals surface area (Å²) in [5.74, 6) is -1.76. The fourth-order valence-corrected chi connectivity index (χ4v) is 19.5. The fraction of sp³-hybridized carbons (Fsp3) is 0.557. The van der Waals surface area contributed by atoms with Gasteiger partial charge in [-0.05, 0) is 149 Å². The van der Waals surface area contributed by atoms with E-state index in [9.17, 15) is 38.7 Å². The van der Waals surface area contributed by atoms with Gasteiger partial charge in [0.05, 0.1) is 24.7 Å². The van der Waals surface area contributed by atoms with Crippen molar-refractivity contribution in [1.82, 2.24) is 0 Å². The lowest BCUT2D eigenvalue weighted by Crippen LogP contribution is -2.70. The molecule has 0 radical (unpaired) electrons. The first-order valence-corrected chi connectivity index (χ1v) is 35.8. The highest BCUT2D eigenvalue weighted by Gasteiger charge is 3.03. The van der Waals surface area contributed by atoms with Crippen LogP contribution in [-0.4, -0.2) is 147 Å². The molecule has 8 aliphatic heterocycles. The Hall–Kier alpha value is -8.43. The molecule has 0 bridgehead atoms. The molecule has 25 heteroatoms. The second-order valence-corrected chi connectivity index (χ2v) is 33.6. The SMILES string of the molecule is CC(C)(C)OC(=O)OC(=O)OC(C)(C)C.CC(C)[C@]12O[C@H]1[C@@H]1O[C@]13[C@]1(O[C@H]1C[C@H]1C4=C(CC[C@@]13C)C(=O)O/C4=C(/OC(=O)c1ccco1)c1ccccc1)[C@@H]2O.CC(C)[C@]12O[C@H]1[C@@H]1O[C@]13[C@]1(O[C@H]1C[C@H]1C4=C(CC[C@@]13C)C(=O)O/C4=C(/OC(=O)c1ccco1)c1ccccc1)[C@@H]2OC(=O)OC(C)(C)C. The molecule has 10 fully saturated rings. The van der Waals surface area contributed by atoms with Gasteiger partial charge in [0, 0.05) is 44.2 Å². The molecule has 6 aliphatic carbocycles. The van der Waals surface area contributed by atoms with E-state index in [4.69, 9.17) is 75.2 Å². The lowest BCUT2D eigenvalue weighted by molar-refractivity contribution is -0.134. The summed E-state index contributed by atoms with van der Waals surface area (Å²) in [4.78, 5) is 88.6. The first-order valence-electron chi connectivity index (χ1n) is 35.8. The molecule has 2 aromatic heterocycles. The van der Waals surface area contributed by atoms with Crippen molar-refractivity contribution in [2.45, 2.75) is 242 Å². The van der Waals surface area contributed by atoms with E-state index in [-0.39, 0.29) is 94.9 Å². The van der Waals surface area contributed by atoms with Gasteiger partial charge in [-0.3, -0.25) is 0 Å². The molecule has 104 heavy (non-hydrogen) atoms. The van der Waals surface area contributed by atoms with Crippen molar-refractivity contribution in [3.05, 3.63) is 154 Å². The molecule has 14 aliphatic rings. The van der Waals surface area contributed by atoms with Gasteiger partial charge in [0.1, 0.15) is 69.7 Å². The molecular formula is C79H86O25. The zero-order valence-electron chi connectivity index (χ0n) is 60.7. The molecular weight excluding hydrogens is 1350 g/mol. The molecule has 25 nitrogen and oxygen atoms in total. The summed E-state index contributed by atoms with van der Waals surface area (Å²) in [5.41, 5.74) is -4.21. The van der Waals surface area contributed by atoms with Gasteiger partial charge in [0.2, 0.25) is 11.5 Å². The molecule has 552 valence electrons. The number of furan rings is 2. The zero-order valence-corrected chi connectivity index (χ0v) is 60.7. The number of hydrogen-bond acceptors (Lipinski definition) is 25. The van der Waals surface area contributed by atoms with Crippen molar-refractivity contribution in [3.8, 4) is 0 Å². The molecule has 4 aromatic rings. The maximum Gasteiger partial charge on any atom is 0.519 e. The molecule has 0 unspecified atom stereocenters. The quantitative estimate of drug-likeness (QED) is 0.0535. The molecule has 10 heterocycles. The van der Waals surface area contributed by atoms with Crippen molar-refractivity contribution in [3.63, 3.8) is 0 Å². The summed E-state index contributed by atoms with van der Waals surface area (Å²) in [6.45, 7) is 28.1. The number of aliphatic hydroxyl groups is 1. The number of carbonyl (C=O) groups is 7. The molecule has 4 spiro atoms. The molecule has 2 aromatic carbocycles. The molecule has 18 atom stereocenters. The van der Waals surface area contributed by atoms with E-state index in [0.717, 1.165) is 5.57 Å². The predicted octanol–water partition coefficient (Wildman–Crippen LogP) is 12.7. The Morgan fingerprint density at radius 2 is 0.894 bits per heavy atom. The van der Waals surface area contributed by atoms with Crippen LogP contribution in [0.3, 0.4) is 0 Å². The zero-order chi connectivity index (χ0) is 74.0. The maximum atomic E-state index is 13.5. The topological polar surface area (TPSA) is 324 Å². The highest BCUT2D eigenvalue weighted by Crippen LogP contribution is 2.85. The number of benzene rings is 2. The minimum absolute atomic E-state index is 0.00947. The predicted molar refractivity (Wildman–Crippen MR) is 358 cm³/mol. The van der Waals surface area contributed by atoms with Crippen LogP contribution in [0.2, 0.25) is 0 Å². The van der Waals surface area contributed by atoms with Crippen molar-refractivity contribution >= 4 is 53.9 Å². The number of fused-ring (bicyclic) bond motifs is 8. The van der Waals surface area contributed by atoms with Gasteiger partial charge in [-0.2, -0.15) is 0 Å². The van der Waals surface area contributed by atoms with Crippen LogP contribution in [0.15, 0.2) is 140 Å². The largest absolute Gasteiger partial charge is 0.519 e. The maximum absolute atomic E-state index is 13.5. The van der Waals surface area contributed by atoms with Gasteiger partial charge in [0.15, 0.2) is 40.3 Å². The van der Waals surface area contributed by atoms with Crippen LogP contribution in [0.25, 0.3) is 11.5 Å². The smallest absolute Gasteiger partial charge is 0.457 e. The van der Waals surface area contributed by atoms with Gasteiger partial charge in [-0.15, -0.1) is 0 Å². The van der Waals surface area contributed by atoms with Gasteiger partial charge in [-0.1, -0.05) is 102 Å². The number of cyclic esters (lactones) is 2. The summed E-state index contributed by atoms with van der Waals surface area (Å²) in [5, 5.41) is 11.8. The van der Waals surface area contributed by atoms with E-state index < -0.39 is 116 Å². The van der Waals surface area contributed by atoms with Gasteiger partial charge >= 0.3 is 42.3 Å². The van der Waals surface area contributed by atoms with Crippen LogP contribution in [-0.2, 0) is 80.6 Å². The highest BCUT2D eigenvalue weighted by atomic mass is 16.8. The number of hydrogen-bond donors (Lipinski definition) is 1. The summed E-state index contributed by atoms with van der Waals surface area (Å²) in [6.07, 6.45) is 0.0606. The minimum Gasteiger partial charge on any atom is -0.457 e. The number of aliphatic hydroxyl groups excluding tert-OH is 1. The van der Waals surface area contributed by atoms with Crippen LogP contribution < -0.4 is 0 Å².